The summed E-state index contributed by atoms with van der Waals surface area (Å²) < 4.78 is 9.99. The molecule has 0 atom stereocenters. The minimum absolute atomic E-state index is 0. The van der Waals surface area contributed by atoms with E-state index >= 15 is 0 Å². The van der Waals surface area contributed by atoms with E-state index in [2.05, 4.69) is 85.2 Å². The van der Waals surface area contributed by atoms with Crippen LogP contribution in [0.2, 0.25) is 0 Å². The molecule has 0 saturated carbocycles. The minimum atomic E-state index is 0. The molecule has 0 amide bonds. The molecule has 3 rings (SSSR count). The van der Waals surface area contributed by atoms with Crippen molar-refractivity contribution in [2.45, 2.75) is 13.2 Å². The monoisotopic (exact) mass is 511 g/mol. The van der Waals surface area contributed by atoms with Crippen molar-refractivity contribution in [2.75, 3.05) is 0 Å². The lowest BCUT2D eigenvalue weighted by Crippen LogP contribution is -3.00. The molecule has 1 heterocycles. The molecule has 0 spiro atoms. The highest BCUT2D eigenvalue weighted by atomic mass is 79.9. The summed E-state index contributed by atoms with van der Waals surface area (Å²) in [7, 11) is 0. The smallest absolute Gasteiger partial charge is 0.173 e. The number of halogens is 3. The van der Waals surface area contributed by atoms with Gasteiger partial charge in [-0.25, -0.2) is 4.57 Å². The first kappa shape index (κ1) is 19.2. The van der Waals surface area contributed by atoms with Crippen LogP contribution in [0.25, 0.3) is 0 Å². The van der Waals surface area contributed by atoms with E-state index in [0.29, 0.717) is 6.61 Å². The van der Waals surface area contributed by atoms with Crippen molar-refractivity contribution >= 4 is 31.9 Å². The molecule has 0 radical (unpaired) electrons. The summed E-state index contributed by atoms with van der Waals surface area (Å²) in [4.78, 5) is 0. The summed E-state index contributed by atoms with van der Waals surface area (Å²) in [5.41, 5.74) is 2.43. The van der Waals surface area contributed by atoms with E-state index < -0.39 is 0 Å². The van der Waals surface area contributed by atoms with E-state index in [1.807, 2.05) is 24.3 Å². The van der Waals surface area contributed by atoms with E-state index in [9.17, 15) is 0 Å². The van der Waals surface area contributed by atoms with Crippen LogP contribution in [0.3, 0.4) is 0 Å². The van der Waals surface area contributed by atoms with E-state index in [4.69, 9.17) is 4.74 Å². The maximum atomic E-state index is 5.88. The Morgan fingerprint density at radius 2 is 1.54 bits per heavy atom. The molecule has 0 aliphatic rings. The molecule has 5 heteroatoms. The van der Waals surface area contributed by atoms with E-state index in [1.54, 1.807) is 0 Å². The van der Waals surface area contributed by atoms with Gasteiger partial charge >= 0.3 is 0 Å². The van der Waals surface area contributed by atoms with Crippen molar-refractivity contribution in [1.29, 1.82) is 0 Å². The second kappa shape index (κ2) is 9.35. The Morgan fingerprint density at radius 3 is 2.25 bits per heavy atom. The number of ether oxygens (including phenoxy) is 1. The van der Waals surface area contributed by atoms with Gasteiger partial charge in [-0.05, 0) is 34.1 Å². The number of aromatic nitrogens is 1. The predicted octanol–water partition coefficient (Wildman–Crippen LogP) is 2.13. The molecule has 24 heavy (non-hydrogen) atoms. The first-order chi connectivity index (χ1) is 11.2. The van der Waals surface area contributed by atoms with Gasteiger partial charge in [-0.3, -0.25) is 0 Å². The lowest BCUT2D eigenvalue weighted by molar-refractivity contribution is -0.688. The molecule has 2 aromatic carbocycles. The molecular formula is C19H16Br3NO. The van der Waals surface area contributed by atoms with Crippen LogP contribution >= 0.6 is 31.9 Å². The van der Waals surface area contributed by atoms with Gasteiger partial charge in [0.1, 0.15) is 12.4 Å². The SMILES string of the molecule is Brc1ccc(Br)c(OCc2cc[n+](Cc3ccccc3)cc2)c1.[Br-]. The fourth-order valence-electron chi connectivity index (χ4n) is 2.23. The second-order valence-electron chi connectivity index (χ2n) is 5.23. The van der Waals surface area contributed by atoms with Crippen LogP contribution in [0, 0.1) is 0 Å². The Bertz CT molecular complexity index is 776. The van der Waals surface area contributed by atoms with Gasteiger partial charge in [0, 0.05) is 27.7 Å². The average molecular weight is 514 g/mol. The summed E-state index contributed by atoms with van der Waals surface area (Å²) in [6.45, 7) is 1.42. The topological polar surface area (TPSA) is 13.1 Å². The zero-order valence-corrected chi connectivity index (χ0v) is 17.6. The summed E-state index contributed by atoms with van der Waals surface area (Å²) in [6, 6.07) is 20.5. The van der Waals surface area contributed by atoms with Crippen LogP contribution in [-0.2, 0) is 13.2 Å². The average Bonchev–Trinajstić information content (AvgIpc) is 2.58. The van der Waals surface area contributed by atoms with Crippen LogP contribution in [0.5, 0.6) is 5.75 Å². The first-order valence-electron chi connectivity index (χ1n) is 7.30. The third kappa shape index (κ3) is 5.43. The lowest BCUT2D eigenvalue weighted by atomic mass is 10.2. The van der Waals surface area contributed by atoms with Crippen molar-refractivity contribution in [1.82, 2.24) is 0 Å². The highest BCUT2D eigenvalue weighted by molar-refractivity contribution is 9.11. The highest BCUT2D eigenvalue weighted by Crippen LogP contribution is 2.28. The second-order valence-corrected chi connectivity index (χ2v) is 7.00. The standard InChI is InChI=1S/C19H16Br2NO.BrH/c20-17-6-7-18(21)19(12-17)23-14-16-8-10-22(11-9-16)13-15-4-2-1-3-5-15;/h1-12H,13-14H2;1H/q+1;/p-1. The number of hydrogen-bond donors (Lipinski definition) is 0. The molecule has 0 N–H and O–H groups in total. The van der Waals surface area contributed by atoms with Gasteiger partial charge in [-0.15, -0.1) is 0 Å². The van der Waals surface area contributed by atoms with Gasteiger partial charge in [-0.1, -0.05) is 46.3 Å². The quantitative estimate of drug-likeness (QED) is 0.476. The number of benzene rings is 2. The zero-order chi connectivity index (χ0) is 16.1. The predicted molar refractivity (Wildman–Crippen MR) is 98.4 cm³/mol. The number of pyridine rings is 1. The van der Waals surface area contributed by atoms with Crippen molar-refractivity contribution in [3.05, 3.63) is 93.1 Å². The lowest BCUT2D eigenvalue weighted by Gasteiger charge is -2.08. The molecule has 3 aromatic rings. The Labute approximate surface area is 169 Å². The highest BCUT2D eigenvalue weighted by Gasteiger charge is 2.05. The minimum Gasteiger partial charge on any atom is -1.00 e. The number of rotatable bonds is 5. The molecule has 0 aliphatic carbocycles. The zero-order valence-electron chi connectivity index (χ0n) is 12.8. The Kier molecular flexibility index (Phi) is 7.46. The van der Waals surface area contributed by atoms with Gasteiger partial charge in [0.15, 0.2) is 18.9 Å². The van der Waals surface area contributed by atoms with Crippen LogP contribution in [0.15, 0.2) is 82.0 Å². The molecule has 1 aromatic heterocycles. The van der Waals surface area contributed by atoms with Gasteiger partial charge < -0.3 is 21.7 Å². The van der Waals surface area contributed by atoms with E-state index in [1.165, 1.54) is 5.56 Å². The maximum absolute atomic E-state index is 5.88. The molecular weight excluding hydrogens is 498 g/mol. The van der Waals surface area contributed by atoms with Crippen LogP contribution in [0.1, 0.15) is 11.1 Å². The largest absolute Gasteiger partial charge is 1.00 e. The van der Waals surface area contributed by atoms with E-state index in [0.717, 1.165) is 26.8 Å². The summed E-state index contributed by atoms with van der Waals surface area (Å²) in [5.74, 6) is 0.834. The first-order valence-corrected chi connectivity index (χ1v) is 8.89. The third-order valence-corrected chi connectivity index (χ3v) is 4.60. The molecule has 0 bridgehead atoms. The summed E-state index contributed by atoms with van der Waals surface area (Å²) >= 11 is 6.96. The molecule has 124 valence electrons. The van der Waals surface area contributed by atoms with Crippen molar-refractivity contribution in [3.8, 4) is 5.75 Å². The van der Waals surface area contributed by atoms with Gasteiger partial charge in [0.2, 0.25) is 0 Å². The fraction of sp³-hybridized carbons (Fsp3) is 0.105. The molecule has 0 saturated heterocycles. The van der Waals surface area contributed by atoms with Gasteiger partial charge in [0.05, 0.1) is 4.47 Å². The Hall–Kier alpha value is -1.17. The maximum Gasteiger partial charge on any atom is 0.173 e. The van der Waals surface area contributed by atoms with E-state index in [-0.39, 0.29) is 17.0 Å². The molecule has 0 fully saturated rings. The van der Waals surface area contributed by atoms with Crippen LogP contribution in [-0.4, -0.2) is 0 Å². The van der Waals surface area contributed by atoms with Crippen molar-refractivity contribution in [2.24, 2.45) is 0 Å². The molecule has 0 unspecified atom stereocenters. The number of nitrogens with zero attached hydrogens (tertiary/aromatic N) is 1. The fourth-order valence-corrected chi connectivity index (χ4v) is 2.93. The Balaban J connectivity index is 0.00000208. The van der Waals surface area contributed by atoms with Crippen LogP contribution < -0.4 is 26.3 Å². The van der Waals surface area contributed by atoms with Crippen LogP contribution in [0.4, 0.5) is 0 Å². The number of hydrogen-bond acceptors (Lipinski definition) is 1. The van der Waals surface area contributed by atoms with Crippen molar-refractivity contribution < 1.29 is 26.3 Å². The summed E-state index contributed by atoms with van der Waals surface area (Å²) in [5, 5.41) is 0. The normalized spacial score (nSPS) is 10.1. The summed E-state index contributed by atoms with van der Waals surface area (Å²) in [6.07, 6.45) is 4.17. The third-order valence-electron chi connectivity index (χ3n) is 3.46. The molecule has 0 aliphatic heterocycles. The Morgan fingerprint density at radius 1 is 0.833 bits per heavy atom. The molecule has 2 nitrogen and oxygen atoms in total. The van der Waals surface area contributed by atoms with Gasteiger partial charge in [-0.2, -0.15) is 0 Å². The van der Waals surface area contributed by atoms with Gasteiger partial charge in [0.25, 0.3) is 0 Å². The van der Waals surface area contributed by atoms with Crippen molar-refractivity contribution in [3.63, 3.8) is 0 Å².